The van der Waals surface area contributed by atoms with E-state index < -0.39 is 0 Å². The van der Waals surface area contributed by atoms with Crippen molar-refractivity contribution in [2.45, 2.75) is 44.7 Å². The summed E-state index contributed by atoms with van der Waals surface area (Å²) in [5.74, 6) is 0.602. The Kier molecular flexibility index (Phi) is 2.69. The number of rotatable bonds is 1. The molecule has 0 radical (unpaired) electrons. The van der Waals surface area contributed by atoms with E-state index in [1.807, 2.05) is 0 Å². The Morgan fingerprint density at radius 3 is 3.05 bits per heavy atom. The van der Waals surface area contributed by atoms with Gasteiger partial charge in [0.05, 0.1) is 0 Å². The number of fused-ring (bicyclic) bond motifs is 2. The second-order valence-electron chi connectivity index (χ2n) is 6.46. The SMILES string of the molecule is CCN1CC(N)C[C@@H]2c3cccc4[nH]c(C)c(c34)C[C@H]21. The average molecular weight is 269 g/mol. The molecule has 0 saturated carbocycles. The minimum absolute atomic E-state index is 0.313. The zero-order valence-electron chi connectivity index (χ0n) is 12.3. The lowest BCUT2D eigenvalue weighted by Crippen LogP contribution is -2.53. The summed E-state index contributed by atoms with van der Waals surface area (Å²) >= 11 is 0. The highest BCUT2D eigenvalue weighted by atomic mass is 15.2. The molecular formula is C17H23N3. The molecule has 3 heteroatoms. The molecule has 2 aliphatic rings. The van der Waals surface area contributed by atoms with E-state index >= 15 is 0 Å². The van der Waals surface area contributed by atoms with Crippen molar-refractivity contribution < 1.29 is 0 Å². The van der Waals surface area contributed by atoms with Gasteiger partial charge in [-0.1, -0.05) is 19.1 Å². The molecule has 106 valence electrons. The van der Waals surface area contributed by atoms with Crippen LogP contribution in [0, 0.1) is 6.92 Å². The third kappa shape index (κ3) is 1.60. The molecule has 0 amide bonds. The number of aromatic amines is 1. The van der Waals surface area contributed by atoms with Gasteiger partial charge >= 0.3 is 0 Å². The van der Waals surface area contributed by atoms with Gasteiger partial charge in [0.25, 0.3) is 0 Å². The number of nitrogens with two attached hydrogens (primary N) is 1. The Labute approximate surface area is 120 Å². The molecular weight excluding hydrogens is 246 g/mol. The van der Waals surface area contributed by atoms with Gasteiger partial charge in [-0.3, -0.25) is 4.90 Å². The molecule has 1 aromatic carbocycles. The van der Waals surface area contributed by atoms with E-state index in [0.717, 1.165) is 19.5 Å². The molecule has 0 spiro atoms. The molecule has 2 aromatic rings. The first kappa shape index (κ1) is 12.4. The molecule has 1 aliphatic carbocycles. The number of hydrogen-bond donors (Lipinski definition) is 2. The highest BCUT2D eigenvalue weighted by Crippen LogP contribution is 2.43. The van der Waals surface area contributed by atoms with Crippen LogP contribution in [0.25, 0.3) is 10.9 Å². The number of likely N-dealkylation sites (N-methyl/N-ethyl adjacent to an activating group) is 1. The van der Waals surface area contributed by atoms with Gasteiger partial charge in [-0.15, -0.1) is 0 Å². The van der Waals surface area contributed by atoms with Crippen LogP contribution in [0.5, 0.6) is 0 Å². The van der Waals surface area contributed by atoms with E-state index in [0.29, 0.717) is 18.0 Å². The van der Waals surface area contributed by atoms with E-state index in [9.17, 15) is 0 Å². The predicted molar refractivity (Wildman–Crippen MR) is 83.1 cm³/mol. The lowest BCUT2D eigenvalue weighted by atomic mass is 9.73. The third-order valence-corrected chi connectivity index (χ3v) is 5.35. The lowest BCUT2D eigenvalue weighted by molar-refractivity contribution is 0.116. The molecule has 3 nitrogen and oxygen atoms in total. The van der Waals surface area contributed by atoms with Gasteiger partial charge in [0.2, 0.25) is 0 Å². The maximum Gasteiger partial charge on any atom is 0.0461 e. The van der Waals surface area contributed by atoms with Crippen molar-refractivity contribution in [3.8, 4) is 0 Å². The minimum Gasteiger partial charge on any atom is -0.358 e. The highest BCUT2D eigenvalue weighted by Gasteiger charge is 2.39. The first-order chi connectivity index (χ1) is 9.69. The summed E-state index contributed by atoms with van der Waals surface area (Å²) in [6, 6.07) is 7.66. The van der Waals surface area contributed by atoms with Crippen molar-refractivity contribution in [3.05, 3.63) is 35.0 Å². The van der Waals surface area contributed by atoms with Gasteiger partial charge < -0.3 is 10.7 Å². The number of hydrogen-bond acceptors (Lipinski definition) is 2. The standard InChI is InChI=1S/C17H23N3/c1-3-20-9-11(18)7-14-12-5-4-6-15-17(12)13(8-16(14)20)10(2)19-15/h4-6,11,14,16,19H,3,7-9,18H2,1-2H3/t11?,14-,16-/m1/s1. The van der Waals surface area contributed by atoms with Crippen LogP contribution in [0.3, 0.4) is 0 Å². The number of aromatic nitrogens is 1. The number of aryl methyl sites for hydroxylation is 1. The van der Waals surface area contributed by atoms with E-state index in [1.54, 1.807) is 0 Å². The van der Waals surface area contributed by atoms with Crippen molar-refractivity contribution in [3.63, 3.8) is 0 Å². The Morgan fingerprint density at radius 1 is 1.40 bits per heavy atom. The van der Waals surface area contributed by atoms with Gasteiger partial charge in [-0.2, -0.15) is 0 Å². The Hall–Kier alpha value is -1.32. The van der Waals surface area contributed by atoms with Crippen molar-refractivity contribution in [2.24, 2.45) is 5.73 Å². The molecule has 3 N–H and O–H groups in total. The predicted octanol–water partition coefficient (Wildman–Crippen LogP) is 2.54. The van der Waals surface area contributed by atoms with Crippen LogP contribution in [0.4, 0.5) is 0 Å². The molecule has 1 saturated heterocycles. The number of piperidine rings is 1. The summed E-state index contributed by atoms with van der Waals surface area (Å²) in [7, 11) is 0. The van der Waals surface area contributed by atoms with E-state index in [-0.39, 0.29) is 0 Å². The zero-order chi connectivity index (χ0) is 13.9. The van der Waals surface area contributed by atoms with Crippen molar-refractivity contribution in [1.82, 2.24) is 9.88 Å². The van der Waals surface area contributed by atoms with E-state index in [2.05, 4.69) is 41.9 Å². The molecule has 1 unspecified atom stereocenters. The fourth-order valence-corrected chi connectivity index (χ4v) is 4.47. The summed E-state index contributed by atoms with van der Waals surface area (Å²) in [6.07, 6.45) is 2.30. The first-order valence-corrected chi connectivity index (χ1v) is 7.78. The quantitative estimate of drug-likeness (QED) is 0.835. The monoisotopic (exact) mass is 269 g/mol. The maximum atomic E-state index is 6.31. The first-order valence-electron chi connectivity index (χ1n) is 7.78. The summed E-state index contributed by atoms with van der Waals surface area (Å²) in [6.45, 7) is 6.62. The summed E-state index contributed by atoms with van der Waals surface area (Å²) < 4.78 is 0. The van der Waals surface area contributed by atoms with Gasteiger partial charge in [0, 0.05) is 41.1 Å². The molecule has 1 aromatic heterocycles. The normalized spacial score (nSPS) is 29.6. The smallest absolute Gasteiger partial charge is 0.0461 e. The van der Waals surface area contributed by atoms with Crippen LogP contribution in [0.2, 0.25) is 0 Å². The molecule has 20 heavy (non-hydrogen) atoms. The van der Waals surface area contributed by atoms with Crippen LogP contribution in [-0.2, 0) is 6.42 Å². The highest BCUT2D eigenvalue weighted by molar-refractivity contribution is 5.89. The number of likely N-dealkylation sites (tertiary alicyclic amines) is 1. The Bertz CT molecular complexity index is 658. The molecule has 2 heterocycles. The fraction of sp³-hybridized carbons (Fsp3) is 0.529. The number of nitrogens with zero attached hydrogens (tertiary/aromatic N) is 1. The van der Waals surface area contributed by atoms with E-state index in [4.69, 9.17) is 5.73 Å². The summed E-state index contributed by atoms with van der Waals surface area (Å²) in [5.41, 5.74) is 12.0. The number of benzene rings is 1. The van der Waals surface area contributed by atoms with E-state index in [1.165, 1.54) is 34.1 Å². The average Bonchev–Trinajstić information content (AvgIpc) is 2.77. The molecule has 0 bridgehead atoms. The molecule has 1 fully saturated rings. The maximum absolute atomic E-state index is 6.31. The van der Waals surface area contributed by atoms with Gasteiger partial charge in [-0.05, 0) is 43.5 Å². The third-order valence-electron chi connectivity index (χ3n) is 5.35. The van der Waals surface area contributed by atoms with Crippen molar-refractivity contribution in [2.75, 3.05) is 13.1 Å². The van der Waals surface area contributed by atoms with Gasteiger partial charge in [-0.25, -0.2) is 0 Å². The topological polar surface area (TPSA) is 45.0 Å². The van der Waals surface area contributed by atoms with Crippen LogP contribution in [0.15, 0.2) is 18.2 Å². The number of nitrogens with one attached hydrogen (secondary N) is 1. The fourth-order valence-electron chi connectivity index (χ4n) is 4.47. The molecule has 1 aliphatic heterocycles. The largest absolute Gasteiger partial charge is 0.358 e. The summed E-state index contributed by atoms with van der Waals surface area (Å²) in [4.78, 5) is 6.15. The van der Waals surface area contributed by atoms with Gasteiger partial charge in [0.1, 0.15) is 0 Å². The van der Waals surface area contributed by atoms with Crippen LogP contribution < -0.4 is 5.73 Å². The van der Waals surface area contributed by atoms with Crippen LogP contribution >= 0.6 is 0 Å². The minimum atomic E-state index is 0.313. The molecule has 3 atom stereocenters. The summed E-state index contributed by atoms with van der Waals surface area (Å²) in [5, 5.41) is 1.48. The van der Waals surface area contributed by atoms with Crippen LogP contribution in [-0.4, -0.2) is 35.1 Å². The lowest BCUT2D eigenvalue weighted by Gasteiger charge is -2.46. The van der Waals surface area contributed by atoms with Crippen LogP contribution in [0.1, 0.15) is 36.1 Å². The molecule has 4 rings (SSSR count). The number of H-pyrrole nitrogens is 1. The second-order valence-corrected chi connectivity index (χ2v) is 6.46. The Balaban J connectivity index is 1.91. The van der Waals surface area contributed by atoms with Crippen molar-refractivity contribution >= 4 is 10.9 Å². The van der Waals surface area contributed by atoms with Gasteiger partial charge in [0.15, 0.2) is 0 Å². The zero-order valence-corrected chi connectivity index (χ0v) is 12.3. The Morgan fingerprint density at radius 2 is 2.25 bits per heavy atom. The second kappa shape index (κ2) is 4.34. The van der Waals surface area contributed by atoms with Crippen molar-refractivity contribution in [1.29, 1.82) is 0 Å².